The van der Waals surface area contributed by atoms with E-state index in [-0.39, 0.29) is 12.1 Å². The fraction of sp³-hybridized carbons (Fsp3) is 0.556. The summed E-state index contributed by atoms with van der Waals surface area (Å²) in [5, 5.41) is 20.0. The number of nitriles is 1. The zero-order chi connectivity index (χ0) is 25.7. The Labute approximate surface area is 218 Å². The van der Waals surface area contributed by atoms with Crippen molar-refractivity contribution in [3.8, 4) is 6.07 Å². The third kappa shape index (κ3) is 7.01. The molecular formula is C27H35ClN6O2. The van der Waals surface area contributed by atoms with Crippen molar-refractivity contribution in [3.63, 3.8) is 0 Å². The third-order valence-corrected chi connectivity index (χ3v) is 7.16. The Bertz CT molecular complexity index is 1100. The topological polar surface area (TPSA) is 112 Å². The van der Waals surface area contributed by atoms with Crippen LogP contribution in [0.15, 0.2) is 30.5 Å². The number of halogens is 1. The van der Waals surface area contributed by atoms with Crippen LogP contribution in [0.5, 0.6) is 0 Å². The van der Waals surface area contributed by atoms with Gasteiger partial charge in [0.05, 0.1) is 6.20 Å². The Morgan fingerprint density at radius 1 is 1.22 bits per heavy atom. The van der Waals surface area contributed by atoms with Crippen LogP contribution in [0.1, 0.15) is 64.0 Å². The molecule has 0 spiro atoms. The molecule has 4 rings (SSSR count). The second-order valence-electron chi connectivity index (χ2n) is 10.9. The smallest absolute Gasteiger partial charge is 0.407 e. The number of hydrogen-bond donors (Lipinski definition) is 3. The molecule has 1 aromatic heterocycles. The van der Waals surface area contributed by atoms with E-state index in [9.17, 15) is 10.1 Å². The molecule has 2 aromatic rings. The normalized spacial score (nSPS) is 23.3. The van der Waals surface area contributed by atoms with Gasteiger partial charge in [-0.3, -0.25) is 0 Å². The lowest BCUT2D eigenvalue weighted by atomic mass is 9.64. The van der Waals surface area contributed by atoms with Gasteiger partial charge in [-0.25, -0.2) is 9.78 Å². The molecule has 192 valence electrons. The number of rotatable bonds is 7. The molecule has 9 heteroatoms. The molecular weight excluding hydrogens is 476 g/mol. The first-order valence-corrected chi connectivity index (χ1v) is 13.1. The third-order valence-electron chi connectivity index (χ3n) is 6.93. The lowest BCUT2D eigenvalue weighted by molar-refractivity contribution is 0.0324. The number of carbonyl (C=O) groups is 1. The highest BCUT2D eigenvalue weighted by atomic mass is 35.5. The maximum absolute atomic E-state index is 12.4. The monoisotopic (exact) mass is 510 g/mol. The number of ether oxygens (including phenoxy) is 1. The summed E-state index contributed by atoms with van der Waals surface area (Å²) < 4.78 is 5.51. The number of fused-ring (bicyclic) bond motifs is 2. The summed E-state index contributed by atoms with van der Waals surface area (Å²) in [7, 11) is 0. The number of hydrogen-bond acceptors (Lipinski definition) is 7. The SMILES string of the molecule is CC(C)(C)OC(=O)N[C@@H]1[C@@H]2CCC[C@H]1CC(CNc1nc(NCc3cccc(Cl)c3)ncc1C#N)C2. The number of nitrogens with one attached hydrogen (secondary N) is 3. The zero-order valence-electron chi connectivity index (χ0n) is 21.2. The van der Waals surface area contributed by atoms with E-state index in [0.717, 1.165) is 37.8 Å². The molecule has 3 N–H and O–H groups in total. The van der Waals surface area contributed by atoms with Crippen molar-refractivity contribution in [1.82, 2.24) is 15.3 Å². The van der Waals surface area contributed by atoms with Crippen LogP contribution in [-0.4, -0.2) is 34.2 Å². The minimum Gasteiger partial charge on any atom is -0.444 e. The van der Waals surface area contributed by atoms with E-state index in [1.54, 1.807) is 6.20 Å². The number of alkyl carbamates (subject to hydrolysis) is 1. The molecule has 36 heavy (non-hydrogen) atoms. The van der Waals surface area contributed by atoms with E-state index in [2.05, 4.69) is 32.0 Å². The van der Waals surface area contributed by atoms with Crippen molar-refractivity contribution in [3.05, 3.63) is 46.6 Å². The number of anilines is 2. The van der Waals surface area contributed by atoms with Crippen LogP contribution < -0.4 is 16.0 Å². The van der Waals surface area contributed by atoms with E-state index in [1.807, 2.05) is 45.0 Å². The summed E-state index contributed by atoms with van der Waals surface area (Å²) in [4.78, 5) is 21.3. The first-order chi connectivity index (χ1) is 17.2. The quantitative estimate of drug-likeness (QED) is 0.435. The van der Waals surface area contributed by atoms with Gasteiger partial charge in [-0.15, -0.1) is 0 Å². The van der Waals surface area contributed by atoms with Crippen LogP contribution >= 0.6 is 11.6 Å². The Balaban J connectivity index is 1.35. The number of carbonyl (C=O) groups excluding carboxylic acids is 1. The van der Waals surface area contributed by atoms with Crippen LogP contribution in [0.25, 0.3) is 0 Å². The van der Waals surface area contributed by atoms with Gasteiger partial charge in [0.15, 0.2) is 0 Å². The van der Waals surface area contributed by atoms with Crippen LogP contribution in [0.3, 0.4) is 0 Å². The fourth-order valence-corrected chi connectivity index (χ4v) is 5.68. The molecule has 2 aliphatic rings. The van der Waals surface area contributed by atoms with Gasteiger partial charge in [0, 0.05) is 24.2 Å². The number of amides is 1. The number of benzene rings is 1. The second-order valence-corrected chi connectivity index (χ2v) is 11.3. The van der Waals surface area contributed by atoms with E-state index >= 15 is 0 Å². The molecule has 2 saturated carbocycles. The predicted molar refractivity (Wildman–Crippen MR) is 141 cm³/mol. The molecule has 2 bridgehead atoms. The molecule has 4 atom stereocenters. The lowest BCUT2D eigenvalue weighted by Crippen LogP contribution is -2.52. The summed E-state index contributed by atoms with van der Waals surface area (Å²) in [6.45, 7) is 6.92. The molecule has 0 aliphatic heterocycles. The average Bonchev–Trinajstić information content (AvgIpc) is 2.80. The maximum Gasteiger partial charge on any atom is 0.407 e. The summed E-state index contributed by atoms with van der Waals surface area (Å²) in [6.07, 6.45) is 6.70. The van der Waals surface area contributed by atoms with Gasteiger partial charge in [-0.1, -0.05) is 30.2 Å². The van der Waals surface area contributed by atoms with Crippen LogP contribution in [0.2, 0.25) is 5.02 Å². The second kappa shape index (κ2) is 11.3. The molecule has 1 aromatic carbocycles. The van der Waals surface area contributed by atoms with Crippen LogP contribution in [0.4, 0.5) is 16.6 Å². The zero-order valence-corrected chi connectivity index (χ0v) is 21.9. The first-order valence-electron chi connectivity index (χ1n) is 12.7. The van der Waals surface area contributed by atoms with Crippen molar-refractivity contribution < 1.29 is 9.53 Å². The molecule has 1 heterocycles. The van der Waals surface area contributed by atoms with E-state index in [1.165, 1.54) is 6.42 Å². The molecule has 0 saturated heterocycles. The largest absolute Gasteiger partial charge is 0.444 e. The van der Waals surface area contributed by atoms with Gasteiger partial charge in [0.25, 0.3) is 0 Å². The van der Waals surface area contributed by atoms with Gasteiger partial charge in [-0.2, -0.15) is 10.2 Å². The number of nitrogens with zero attached hydrogens (tertiary/aromatic N) is 3. The molecule has 8 nitrogen and oxygen atoms in total. The Morgan fingerprint density at radius 3 is 2.64 bits per heavy atom. The van der Waals surface area contributed by atoms with Gasteiger partial charge < -0.3 is 20.7 Å². The lowest BCUT2D eigenvalue weighted by Gasteiger charge is -2.46. The maximum atomic E-state index is 12.4. The highest BCUT2D eigenvalue weighted by molar-refractivity contribution is 6.30. The summed E-state index contributed by atoms with van der Waals surface area (Å²) in [6, 6.07) is 9.96. The van der Waals surface area contributed by atoms with E-state index < -0.39 is 5.60 Å². The van der Waals surface area contributed by atoms with Gasteiger partial charge in [0.2, 0.25) is 5.95 Å². The van der Waals surface area contributed by atoms with Crippen molar-refractivity contribution in [2.24, 2.45) is 17.8 Å². The van der Waals surface area contributed by atoms with E-state index in [4.69, 9.17) is 16.3 Å². The standard InChI is InChI=1S/C27H35ClN6O2/c1-27(2,3)36-26(35)33-23-19-7-5-8-20(23)11-18(10-19)15-30-24-21(13-29)16-32-25(34-24)31-14-17-6-4-9-22(28)12-17/h4,6,9,12,16,18-20,23H,5,7-8,10-11,14-15H2,1-3H3,(H,33,35)(H2,30,31,32,34)/t18?,19-,20+,23-. The Hall–Kier alpha value is -3.05. The predicted octanol–water partition coefficient (Wildman–Crippen LogP) is 5.75. The minimum absolute atomic E-state index is 0.167. The Kier molecular flexibility index (Phi) is 8.20. The molecule has 2 fully saturated rings. The van der Waals surface area contributed by atoms with Gasteiger partial charge in [0.1, 0.15) is 23.1 Å². The van der Waals surface area contributed by atoms with Crippen molar-refractivity contribution in [2.45, 2.75) is 71.1 Å². The summed E-state index contributed by atoms with van der Waals surface area (Å²) in [5.41, 5.74) is 0.940. The van der Waals surface area contributed by atoms with Crippen molar-refractivity contribution in [1.29, 1.82) is 5.26 Å². The Morgan fingerprint density at radius 2 is 1.97 bits per heavy atom. The first kappa shape index (κ1) is 26.0. The van der Waals surface area contributed by atoms with E-state index in [0.29, 0.717) is 46.7 Å². The summed E-state index contributed by atoms with van der Waals surface area (Å²) >= 11 is 6.07. The van der Waals surface area contributed by atoms with Crippen LogP contribution in [-0.2, 0) is 11.3 Å². The summed E-state index contributed by atoms with van der Waals surface area (Å²) in [5.74, 6) is 2.32. The van der Waals surface area contributed by atoms with Gasteiger partial charge in [-0.05, 0) is 81.9 Å². The molecule has 0 radical (unpaired) electrons. The number of aromatic nitrogens is 2. The van der Waals surface area contributed by atoms with Crippen molar-refractivity contribution in [2.75, 3.05) is 17.2 Å². The van der Waals surface area contributed by atoms with Crippen molar-refractivity contribution >= 4 is 29.5 Å². The molecule has 1 unspecified atom stereocenters. The molecule has 2 aliphatic carbocycles. The van der Waals surface area contributed by atoms with Crippen LogP contribution in [0, 0.1) is 29.1 Å². The fourth-order valence-electron chi connectivity index (χ4n) is 5.47. The minimum atomic E-state index is -0.502. The molecule has 1 amide bonds. The van der Waals surface area contributed by atoms with Gasteiger partial charge >= 0.3 is 6.09 Å². The highest BCUT2D eigenvalue weighted by Crippen LogP contribution is 2.43. The highest BCUT2D eigenvalue weighted by Gasteiger charge is 2.41. The average molecular weight is 511 g/mol.